The molecule has 5 rings (SSSR count). The summed E-state index contributed by atoms with van der Waals surface area (Å²) in [4.78, 5) is 26.1. The van der Waals surface area contributed by atoms with Gasteiger partial charge in [-0.1, -0.05) is 42.5 Å². The second-order valence-corrected chi connectivity index (χ2v) is 9.48. The number of carboxylic acid groups (broad SMARTS) is 1. The van der Waals surface area contributed by atoms with Crippen LogP contribution in [0.4, 0.5) is 5.69 Å². The molecule has 0 unspecified atom stereocenters. The molecule has 2 aliphatic rings. The molecule has 1 aliphatic heterocycles. The van der Waals surface area contributed by atoms with E-state index in [0.29, 0.717) is 22.7 Å². The molecule has 0 saturated heterocycles. The molecule has 1 saturated carbocycles. The monoisotopic (exact) mass is 463 g/mol. The van der Waals surface area contributed by atoms with Gasteiger partial charge in [0.1, 0.15) is 4.88 Å². The summed E-state index contributed by atoms with van der Waals surface area (Å²) in [5, 5.41) is 12.9. The molecule has 0 spiro atoms. The molecule has 1 aliphatic carbocycles. The number of para-hydroxylation sites is 1. The van der Waals surface area contributed by atoms with Gasteiger partial charge in [0.2, 0.25) is 5.91 Å². The molecule has 2 N–H and O–H groups in total. The number of ether oxygens (including phenoxy) is 2. The third-order valence-electron chi connectivity index (χ3n) is 6.35. The van der Waals surface area contributed by atoms with E-state index in [1.54, 1.807) is 7.11 Å². The minimum atomic E-state index is -1.01. The molecular formula is C26H25NO5S. The second kappa shape index (κ2) is 8.90. The number of rotatable bonds is 6. The van der Waals surface area contributed by atoms with Gasteiger partial charge < -0.3 is 19.9 Å². The first-order valence-electron chi connectivity index (χ1n) is 11.2. The van der Waals surface area contributed by atoms with Gasteiger partial charge in [-0.15, -0.1) is 11.3 Å². The molecule has 33 heavy (non-hydrogen) atoms. The van der Waals surface area contributed by atoms with Crippen LogP contribution in [0.2, 0.25) is 0 Å². The van der Waals surface area contributed by atoms with Crippen molar-refractivity contribution in [2.45, 2.75) is 44.1 Å². The highest BCUT2D eigenvalue weighted by Gasteiger charge is 2.36. The highest BCUT2D eigenvalue weighted by atomic mass is 32.1. The lowest BCUT2D eigenvalue weighted by Gasteiger charge is -2.27. The Hall–Kier alpha value is -3.32. The van der Waals surface area contributed by atoms with E-state index in [2.05, 4.69) is 5.32 Å². The third kappa shape index (κ3) is 3.97. The number of fused-ring (bicyclic) bond motifs is 1. The summed E-state index contributed by atoms with van der Waals surface area (Å²) in [5.74, 6) is -0.182. The molecule has 170 valence electrons. The summed E-state index contributed by atoms with van der Waals surface area (Å²) in [6.07, 6.45) is 4.60. The van der Waals surface area contributed by atoms with Crippen molar-refractivity contribution in [3.05, 3.63) is 63.8 Å². The lowest BCUT2D eigenvalue weighted by Crippen LogP contribution is -2.23. The number of aromatic carboxylic acids is 1. The molecule has 1 amide bonds. The van der Waals surface area contributed by atoms with Crippen molar-refractivity contribution in [2.24, 2.45) is 0 Å². The number of hydrogen-bond acceptors (Lipinski definition) is 5. The number of carboxylic acids is 1. The van der Waals surface area contributed by atoms with Gasteiger partial charge in [-0.05, 0) is 37.3 Å². The number of carbonyl (C=O) groups excluding carboxylic acids is 1. The van der Waals surface area contributed by atoms with E-state index < -0.39 is 5.97 Å². The van der Waals surface area contributed by atoms with E-state index in [9.17, 15) is 14.7 Å². The lowest BCUT2D eigenvalue weighted by atomic mass is 9.88. The molecule has 6 nitrogen and oxygen atoms in total. The topological polar surface area (TPSA) is 84.9 Å². The standard InChI is InChI=1S/C26H25NO5S/c1-31-19-13-7-12-17(23(19)32-16-10-5-6-11-16)18-14-20(28)27-22-21(15-8-3-2-4-9-15)25(26(29)30)33-24(18)22/h2-4,7-9,12-13,16,18H,5-6,10-11,14H2,1H3,(H,27,28)(H,29,30)/t18-/m1/s1. The van der Waals surface area contributed by atoms with Gasteiger partial charge in [-0.25, -0.2) is 4.79 Å². The van der Waals surface area contributed by atoms with Crippen LogP contribution in [-0.2, 0) is 4.79 Å². The number of methoxy groups -OCH3 is 1. The highest BCUT2D eigenvalue weighted by molar-refractivity contribution is 7.15. The zero-order valence-electron chi connectivity index (χ0n) is 18.3. The molecule has 1 atom stereocenters. The molecule has 2 heterocycles. The number of thiophene rings is 1. The summed E-state index contributed by atoms with van der Waals surface area (Å²) < 4.78 is 12.1. The van der Waals surface area contributed by atoms with Crippen LogP contribution in [0.25, 0.3) is 11.1 Å². The van der Waals surface area contributed by atoms with E-state index in [1.165, 1.54) is 11.3 Å². The SMILES string of the molecule is COc1cccc([C@H]2CC(=O)Nc3c2sc(C(=O)O)c3-c2ccccc2)c1OC1CCCC1. The zero-order chi connectivity index (χ0) is 22.9. The van der Waals surface area contributed by atoms with Crippen LogP contribution in [0.5, 0.6) is 11.5 Å². The fraction of sp³-hybridized carbons (Fsp3) is 0.308. The number of carbonyl (C=O) groups is 2. The van der Waals surface area contributed by atoms with Crippen molar-refractivity contribution in [1.29, 1.82) is 0 Å². The average Bonchev–Trinajstić information content (AvgIpc) is 3.47. The Morgan fingerprint density at radius 2 is 1.85 bits per heavy atom. The maximum absolute atomic E-state index is 12.9. The first-order chi connectivity index (χ1) is 16.1. The number of amides is 1. The minimum absolute atomic E-state index is 0.120. The summed E-state index contributed by atoms with van der Waals surface area (Å²) >= 11 is 1.22. The van der Waals surface area contributed by atoms with Crippen LogP contribution in [0.3, 0.4) is 0 Å². The molecule has 0 radical (unpaired) electrons. The molecule has 3 aromatic rings. The Bertz CT molecular complexity index is 1200. The third-order valence-corrected chi connectivity index (χ3v) is 7.65. The normalized spacial score (nSPS) is 18.0. The summed E-state index contributed by atoms with van der Waals surface area (Å²) in [7, 11) is 1.61. The average molecular weight is 464 g/mol. The Kier molecular flexibility index (Phi) is 5.81. The summed E-state index contributed by atoms with van der Waals surface area (Å²) in [5.41, 5.74) is 2.76. The zero-order valence-corrected chi connectivity index (χ0v) is 19.1. The molecule has 2 aromatic carbocycles. The second-order valence-electron chi connectivity index (χ2n) is 8.42. The first kappa shape index (κ1) is 21.5. The number of hydrogen-bond donors (Lipinski definition) is 2. The van der Waals surface area contributed by atoms with Gasteiger partial charge in [0.25, 0.3) is 0 Å². The molecule has 1 aromatic heterocycles. The van der Waals surface area contributed by atoms with Gasteiger partial charge in [0.15, 0.2) is 11.5 Å². The van der Waals surface area contributed by atoms with Crippen LogP contribution in [0, 0.1) is 0 Å². The maximum atomic E-state index is 12.9. The molecule has 0 bridgehead atoms. The van der Waals surface area contributed by atoms with E-state index in [4.69, 9.17) is 9.47 Å². The number of anilines is 1. The maximum Gasteiger partial charge on any atom is 0.346 e. The van der Waals surface area contributed by atoms with E-state index in [0.717, 1.165) is 41.7 Å². The Labute approximate surface area is 196 Å². The summed E-state index contributed by atoms with van der Waals surface area (Å²) in [6.45, 7) is 0. The molecule has 1 fully saturated rings. The fourth-order valence-corrected chi connectivity index (χ4v) is 6.07. The van der Waals surface area contributed by atoms with Crippen LogP contribution in [0.1, 0.15) is 58.1 Å². The first-order valence-corrected chi connectivity index (χ1v) is 12.0. The van der Waals surface area contributed by atoms with Crippen molar-refractivity contribution in [1.82, 2.24) is 0 Å². The van der Waals surface area contributed by atoms with E-state index in [1.807, 2.05) is 48.5 Å². The van der Waals surface area contributed by atoms with Crippen molar-refractivity contribution >= 4 is 28.9 Å². The van der Waals surface area contributed by atoms with E-state index >= 15 is 0 Å². The van der Waals surface area contributed by atoms with Gasteiger partial charge in [0.05, 0.1) is 18.9 Å². The Balaban J connectivity index is 1.67. The van der Waals surface area contributed by atoms with Crippen molar-refractivity contribution in [2.75, 3.05) is 12.4 Å². The minimum Gasteiger partial charge on any atom is -0.493 e. The van der Waals surface area contributed by atoms with Crippen LogP contribution in [0.15, 0.2) is 48.5 Å². The largest absolute Gasteiger partial charge is 0.493 e. The molecule has 7 heteroatoms. The Morgan fingerprint density at radius 1 is 1.09 bits per heavy atom. The highest BCUT2D eigenvalue weighted by Crippen LogP contribution is 2.52. The van der Waals surface area contributed by atoms with E-state index in [-0.39, 0.29) is 29.2 Å². The number of benzene rings is 2. The van der Waals surface area contributed by atoms with Crippen LogP contribution in [-0.4, -0.2) is 30.2 Å². The van der Waals surface area contributed by atoms with Gasteiger partial charge in [-0.3, -0.25) is 4.79 Å². The number of nitrogens with one attached hydrogen (secondary N) is 1. The van der Waals surface area contributed by atoms with Crippen molar-refractivity contribution < 1.29 is 24.2 Å². The Morgan fingerprint density at radius 3 is 2.55 bits per heavy atom. The quantitative estimate of drug-likeness (QED) is 0.474. The van der Waals surface area contributed by atoms with Gasteiger partial charge in [-0.2, -0.15) is 0 Å². The molecular weight excluding hydrogens is 438 g/mol. The predicted octanol–water partition coefficient (Wildman–Crippen LogP) is 5.92. The van der Waals surface area contributed by atoms with Gasteiger partial charge >= 0.3 is 5.97 Å². The lowest BCUT2D eigenvalue weighted by molar-refractivity contribution is -0.116. The van der Waals surface area contributed by atoms with Crippen LogP contribution < -0.4 is 14.8 Å². The predicted molar refractivity (Wildman–Crippen MR) is 128 cm³/mol. The smallest absolute Gasteiger partial charge is 0.346 e. The fourth-order valence-electron chi connectivity index (χ4n) is 4.84. The summed E-state index contributed by atoms with van der Waals surface area (Å²) in [6, 6.07) is 15.1. The van der Waals surface area contributed by atoms with Crippen molar-refractivity contribution in [3.8, 4) is 22.6 Å². The van der Waals surface area contributed by atoms with Crippen LogP contribution >= 0.6 is 11.3 Å². The van der Waals surface area contributed by atoms with Gasteiger partial charge in [0, 0.05) is 28.3 Å². The van der Waals surface area contributed by atoms with Crippen molar-refractivity contribution in [3.63, 3.8) is 0 Å².